The molecule has 0 aliphatic carbocycles. The molecule has 1 aromatic rings. The van der Waals surface area contributed by atoms with Crippen molar-refractivity contribution in [1.29, 1.82) is 0 Å². The molecule has 1 heterocycles. The van der Waals surface area contributed by atoms with Crippen LogP contribution in [0.3, 0.4) is 0 Å². The molecule has 0 bridgehead atoms. The molecule has 126 valence electrons. The normalized spacial score (nSPS) is 18.1. The summed E-state index contributed by atoms with van der Waals surface area (Å²) >= 11 is 0. The molecule has 1 fully saturated rings. The number of hydrogen-bond acceptors (Lipinski definition) is 4. The Morgan fingerprint density at radius 2 is 2.17 bits per heavy atom. The van der Waals surface area contributed by atoms with E-state index in [9.17, 15) is 27.9 Å². The van der Waals surface area contributed by atoms with Gasteiger partial charge in [0, 0.05) is 31.4 Å². The van der Waals surface area contributed by atoms with Gasteiger partial charge in [-0.3, -0.25) is 9.59 Å². The van der Waals surface area contributed by atoms with Crippen molar-refractivity contribution in [3.8, 4) is 0 Å². The number of likely N-dealkylation sites (N-methyl/N-ethyl adjacent to an activating group) is 1. The van der Waals surface area contributed by atoms with Crippen LogP contribution in [-0.2, 0) is 11.0 Å². The maximum Gasteiger partial charge on any atom is 0.416 e. The highest BCUT2D eigenvalue weighted by Crippen LogP contribution is 2.32. The Morgan fingerprint density at radius 3 is 2.70 bits per heavy atom. The number of benzene rings is 1. The minimum Gasteiger partial charge on any atom is -0.391 e. The number of rotatable bonds is 4. The number of amides is 1. The standard InChI is InChI=1S/C15H17F3N2O3/c1-19(8-14(23)20-5-4-12(22)7-20)13-3-2-11(15(16,17)18)6-10(13)9-21/h2-3,6,9,12,22H,4-5,7-8H2,1H3/t12-/m1/s1. The lowest BCUT2D eigenvalue weighted by molar-refractivity contribution is -0.137. The molecule has 0 radical (unpaired) electrons. The summed E-state index contributed by atoms with van der Waals surface area (Å²) in [6.45, 7) is 0.612. The van der Waals surface area contributed by atoms with Crippen LogP contribution in [0.15, 0.2) is 18.2 Å². The van der Waals surface area contributed by atoms with Crippen molar-refractivity contribution in [2.75, 3.05) is 31.6 Å². The number of β-amino-alcohol motifs (C(OH)–C–C–N with tert-alkyl or cyclic N) is 1. The van der Waals surface area contributed by atoms with Crippen molar-refractivity contribution in [2.24, 2.45) is 0 Å². The van der Waals surface area contributed by atoms with E-state index in [1.807, 2.05) is 0 Å². The molecule has 0 aromatic heterocycles. The van der Waals surface area contributed by atoms with Gasteiger partial charge >= 0.3 is 6.18 Å². The van der Waals surface area contributed by atoms with Crippen molar-refractivity contribution in [3.63, 3.8) is 0 Å². The SMILES string of the molecule is CN(CC(=O)N1CC[C@@H](O)C1)c1ccc(C(F)(F)F)cc1C=O. The third kappa shape index (κ3) is 4.01. The molecule has 1 saturated heterocycles. The third-order valence-corrected chi connectivity index (χ3v) is 3.78. The molecular weight excluding hydrogens is 313 g/mol. The number of carbonyl (C=O) groups excluding carboxylic acids is 2. The first kappa shape index (κ1) is 17.3. The van der Waals surface area contributed by atoms with Crippen LogP contribution >= 0.6 is 0 Å². The van der Waals surface area contributed by atoms with Gasteiger partial charge in [0.25, 0.3) is 0 Å². The number of anilines is 1. The van der Waals surface area contributed by atoms with Gasteiger partial charge in [0.2, 0.25) is 5.91 Å². The Labute approximate surface area is 131 Å². The fourth-order valence-electron chi connectivity index (χ4n) is 2.53. The zero-order valence-electron chi connectivity index (χ0n) is 12.5. The average molecular weight is 330 g/mol. The predicted octanol–water partition coefficient (Wildman–Crippen LogP) is 1.55. The number of aliphatic hydroxyl groups is 1. The number of aldehydes is 1. The van der Waals surface area contributed by atoms with Gasteiger partial charge in [0.15, 0.2) is 6.29 Å². The van der Waals surface area contributed by atoms with E-state index in [-0.39, 0.29) is 30.2 Å². The average Bonchev–Trinajstić information content (AvgIpc) is 2.92. The van der Waals surface area contributed by atoms with Gasteiger partial charge in [-0.05, 0) is 24.6 Å². The smallest absolute Gasteiger partial charge is 0.391 e. The van der Waals surface area contributed by atoms with Gasteiger partial charge in [-0.1, -0.05) is 0 Å². The predicted molar refractivity (Wildman–Crippen MR) is 77.3 cm³/mol. The van der Waals surface area contributed by atoms with Crippen molar-refractivity contribution < 1.29 is 27.9 Å². The summed E-state index contributed by atoms with van der Waals surface area (Å²) < 4.78 is 38.0. The Bertz CT molecular complexity index is 604. The van der Waals surface area contributed by atoms with E-state index in [1.165, 1.54) is 22.9 Å². The molecule has 1 aliphatic rings. The number of likely N-dealkylation sites (tertiary alicyclic amines) is 1. The summed E-state index contributed by atoms with van der Waals surface area (Å²) in [5, 5.41) is 9.43. The van der Waals surface area contributed by atoms with Crippen molar-refractivity contribution >= 4 is 17.9 Å². The first-order valence-electron chi connectivity index (χ1n) is 7.05. The number of carbonyl (C=O) groups is 2. The highest BCUT2D eigenvalue weighted by atomic mass is 19.4. The van der Waals surface area contributed by atoms with E-state index < -0.39 is 17.8 Å². The summed E-state index contributed by atoms with van der Waals surface area (Å²) in [6, 6.07) is 2.82. The number of aliphatic hydroxyl groups excluding tert-OH is 1. The second-order valence-corrected chi connectivity index (χ2v) is 5.53. The molecule has 5 nitrogen and oxygen atoms in total. The van der Waals surface area contributed by atoms with Gasteiger partial charge < -0.3 is 14.9 Å². The van der Waals surface area contributed by atoms with Crippen LogP contribution in [0.5, 0.6) is 0 Å². The molecule has 0 unspecified atom stereocenters. The Kier molecular flexibility index (Phi) is 4.93. The van der Waals surface area contributed by atoms with Crippen LogP contribution in [-0.4, -0.2) is 55.0 Å². The number of halogens is 3. The minimum atomic E-state index is -4.53. The number of alkyl halides is 3. The van der Waals surface area contributed by atoms with Crippen LogP contribution in [0.2, 0.25) is 0 Å². The first-order valence-corrected chi connectivity index (χ1v) is 7.05. The monoisotopic (exact) mass is 330 g/mol. The maximum absolute atomic E-state index is 12.7. The third-order valence-electron chi connectivity index (χ3n) is 3.78. The molecule has 0 saturated carbocycles. The highest BCUT2D eigenvalue weighted by molar-refractivity contribution is 5.88. The fourth-order valence-corrected chi connectivity index (χ4v) is 2.53. The van der Waals surface area contributed by atoms with E-state index >= 15 is 0 Å². The summed E-state index contributed by atoms with van der Waals surface area (Å²) in [5.41, 5.74) is -0.789. The largest absolute Gasteiger partial charge is 0.416 e. The van der Waals surface area contributed by atoms with Crippen LogP contribution in [0, 0.1) is 0 Å². The van der Waals surface area contributed by atoms with E-state index in [4.69, 9.17) is 0 Å². The van der Waals surface area contributed by atoms with Gasteiger partial charge in [-0.2, -0.15) is 13.2 Å². The quantitative estimate of drug-likeness (QED) is 0.851. The van der Waals surface area contributed by atoms with Gasteiger partial charge in [0.1, 0.15) is 0 Å². The highest BCUT2D eigenvalue weighted by Gasteiger charge is 2.31. The second kappa shape index (κ2) is 6.57. The maximum atomic E-state index is 12.7. The zero-order chi connectivity index (χ0) is 17.2. The summed E-state index contributed by atoms with van der Waals surface area (Å²) in [6.07, 6.45) is -4.22. The van der Waals surface area contributed by atoms with Gasteiger partial charge in [-0.25, -0.2) is 0 Å². The van der Waals surface area contributed by atoms with E-state index in [0.29, 0.717) is 19.3 Å². The van der Waals surface area contributed by atoms with Gasteiger partial charge in [0.05, 0.1) is 18.2 Å². The molecular formula is C15H17F3N2O3. The molecule has 2 rings (SSSR count). The molecule has 0 spiro atoms. The topological polar surface area (TPSA) is 60.9 Å². The van der Waals surface area contributed by atoms with Crippen molar-refractivity contribution in [3.05, 3.63) is 29.3 Å². The molecule has 1 N–H and O–H groups in total. The Morgan fingerprint density at radius 1 is 1.48 bits per heavy atom. The number of hydrogen-bond donors (Lipinski definition) is 1. The van der Waals surface area contributed by atoms with Crippen molar-refractivity contribution in [2.45, 2.75) is 18.7 Å². The molecule has 23 heavy (non-hydrogen) atoms. The summed E-state index contributed by atoms with van der Waals surface area (Å²) in [4.78, 5) is 26.1. The van der Waals surface area contributed by atoms with E-state index in [2.05, 4.69) is 0 Å². The van der Waals surface area contributed by atoms with Crippen LogP contribution in [0.1, 0.15) is 22.3 Å². The first-order chi connectivity index (χ1) is 10.7. The Hall–Kier alpha value is -2.09. The lowest BCUT2D eigenvalue weighted by Gasteiger charge is -2.24. The molecule has 1 atom stereocenters. The van der Waals surface area contributed by atoms with Gasteiger partial charge in [-0.15, -0.1) is 0 Å². The molecule has 8 heteroatoms. The molecule has 1 amide bonds. The lowest BCUT2D eigenvalue weighted by atomic mass is 10.1. The van der Waals surface area contributed by atoms with Crippen LogP contribution in [0.25, 0.3) is 0 Å². The Balaban J connectivity index is 2.14. The van der Waals surface area contributed by atoms with E-state index in [1.54, 1.807) is 0 Å². The fraction of sp³-hybridized carbons (Fsp3) is 0.467. The summed E-state index contributed by atoms with van der Waals surface area (Å²) in [5.74, 6) is -0.249. The zero-order valence-corrected chi connectivity index (χ0v) is 12.5. The van der Waals surface area contributed by atoms with Crippen LogP contribution in [0.4, 0.5) is 18.9 Å². The summed E-state index contributed by atoms with van der Waals surface area (Å²) in [7, 11) is 1.53. The minimum absolute atomic E-state index is 0.0844. The molecule has 1 aromatic carbocycles. The van der Waals surface area contributed by atoms with Crippen molar-refractivity contribution in [1.82, 2.24) is 4.90 Å². The lowest BCUT2D eigenvalue weighted by Crippen LogP contribution is -2.38. The second-order valence-electron chi connectivity index (χ2n) is 5.53. The van der Waals surface area contributed by atoms with Crippen LogP contribution < -0.4 is 4.90 Å². The van der Waals surface area contributed by atoms with E-state index in [0.717, 1.165) is 12.1 Å². The molecule has 1 aliphatic heterocycles. The number of nitrogens with zero attached hydrogens (tertiary/aromatic N) is 2.